The van der Waals surface area contributed by atoms with E-state index in [2.05, 4.69) is 38.1 Å². The third-order valence-electron chi connectivity index (χ3n) is 4.33. The Morgan fingerprint density at radius 3 is 2.80 bits per heavy atom. The van der Waals surface area contributed by atoms with Crippen molar-refractivity contribution in [3.63, 3.8) is 0 Å². The van der Waals surface area contributed by atoms with Gasteiger partial charge < -0.3 is 5.32 Å². The Morgan fingerprint density at radius 1 is 1.25 bits per heavy atom. The van der Waals surface area contributed by atoms with Crippen molar-refractivity contribution in [3.8, 4) is 0 Å². The van der Waals surface area contributed by atoms with Crippen LogP contribution < -0.4 is 5.32 Å². The lowest BCUT2D eigenvalue weighted by Crippen LogP contribution is -2.26. The molecule has 1 fully saturated rings. The van der Waals surface area contributed by atoms with Crippen LogP contribution in [0, 0.1) is 5.92 Å². The molecule has 0 radical (unpaired) electrons. The first-order valence-electron chi connectivity index (χ1n) is 7.43. The average molecular weight is 334 g/mol. The first kappa shape index (κ1) is 13.8. The van der Waals surface area contributed by atoms with E-state index >= 15 is 0 Å². The van der Waals surface area contributed by atoms with Gasteiger partial charge in [0.25, 0.3) is 0 Å². The molecule has 0 atom stereocenters. The van der Waals surface area contributed by atoms with E-state index in [1.807, 2.05) is 24.5 Å². The summed E-state index contributed by atoms with van der Waals surface area (Å²) in [5.74, 6) is 0.927. The lowest BCUT2D eigenvalue weighted by Gasteiger charge is -2.29. The highest BCUT2D eigenvalue weighted by molar-refractivity contribution is 9.10. The Labute approximate surface area is 128 Å². The van der Waals surface area contributed by atoms with Crippen LogP contribution in [0.5, 0.6) is 0 Å². The maximum absolute atomic E-state index is 4.51. The molecule has 2 heterocycles. The third kappa shape index (κ3) is 2.95. The van der Waals surface area contributed by atoms with Gasteiger partial charge in [-0.15, -0.1) is 0 Å². The summed E-state index contributed by atoms with van der Waals surface area (Å²) in [5.41, 5.74) is 3.02. The number of nitrogens with one attached hydrogen (secondary N) is 1. The van der Waals surface area contributed by atoms with Crippen LogP contribution in [0.25, 0.3) is 11.0 Å². The van der Waals surface area contributed by atoms with E-state index in [9.17, 15) is 0 Å². The van der Waals surface area contributed by atoms with Gasteiger partial charge in [-0.05, 0) is 59.7 Å². The first-order chi connectivity index (χ1) is 9.76. The van der Waals surface area contributed by atoms with Crippen LogP contribution in [-0.4, -0.2) is 16.0 Å². The topological polar surface area (TPSA) is 37.8 Å². The van der Waals surface area contributed by atoms with E-state index in [1.54, 1.807) is 0 Å². The van der Waals surface area contributed by atoms with E-state index in [-0.39, 0.29) is 0 Å². The summed E-state index contributed by atoms with van der Waals surface area (Å²) in [6.45, 7) is 2.30. The quantitative estimate of drug-likeness (QED) is 0.878. The van der Waals surface area contributed by atoms with Gasteiger partial charge in [-0.3, -0.25) is 9.97 Å². The van der Waals surface area contributed by atoms with Crippen molar-refractivity contribution in [1.29, 1.82) is 0 Å². The van der Waals surface area contributed by atoms with Crippen molar-refractivity contribution in [2.24, 2.45) is 5.92 Å². The molecule has 3 rings (SSSR count). The zero-order chi connectivity index (χ0) is 13.9. The summed E-state index contributed by atoms with van der Waals surface area (Å²) in [5, 5.41) is 3.67. The zero-order valence-corrected chi connectivity index (χ0v) is 13.4. The third-order valence-corrected chi connectivity index (χ3v) is 4.76. The average Bonchev–Trinajstić information content (AvgIpc) is 2.48. The Morgan fingerprint density at radius 2 is 2.05 bits per heavy atom. The fourth-order valence-corrected chi connectivity index (χ4v) is 3.38. The first-order valence-corrected chi connectivity index (χ1v) is 8.22. The molecule has 1 saturated carbocycles. The molecule has 0 unspecified atom stereocenters. The lowest BCUT2D eigenvalue weighted by atomic mass is 9.84. The number of hydrogen-bond donors (Lipinski definition) is 1. The minimum absolute atomic E-state index is 0.578. The molecule has 0 bridgehead atoms. The number of rotatable bonds is 3. The summed E-state index contributed by atoms with van der Waals surface area (Å²) in [4.78, 5) is 8.89. The Balaban J connectivity index is 1.78. The monoisotopic (exact) mass is 333 g/mol. The summed E-state index contributed by atoms with van der Waals surface area (Å²) < 4.78 is 0.970. The summed E-state index contributed by atoms with van der Waals surface area (Å²) >= 11 is 3.45. The second-order valence-corrected chi connectivity index (χ2v) is 6.57. The predicted octanol–water partition coefficient (Wildman–Crippen LogP) is 4.77. The number of aromatic nitrogens is 2. The molecular weight excluding hydrogens is 314 g/mol. The predicted molar refractivity (Wildman–Crippen MR) is 86.9 cm³/mol. The highest BCUT2D eigenvalue weighted by atomic mass is 79.9. The molecule has 0 spiro atoms. The highest BCUT2D eigenvalue weighted by Gasteiger charge is 2.20. The van der Waals surface area contributed by atoms with Crippen LogP contribution in [0.4, 0.5) is 5.69 Å². The minimum Gasteiger partial charge on any atom is -0.380 e. The summed E-state index contributed by atoms with van der Waals surface area (Å²) in [6, 6.07) is 4.63. The van der Waals surface area contributed by atoms with Crippen molar-refractivity contribution in [2.75, 3.05) is 5.32 Å². The molecule has 20 heavy (non-hydrogen) atoms. The maximum Gasteiger partial charge on any atom is 0.112 e. The summed E-state index contributed by atoms with van der Waals surface area (Å²) in [6.07, 6.45) is 10.2. The molecule has 1 N–H and O–H groups in total. The number of nitrogens with zero attached hydrogens (tertiary/aromatic N) is 2. The normalized spacial score (nSPS) is 22.9. The van der Waals surface area contributed by atoms with Crippen molar-refractivity contribution < 1.29 is 0 Å². The minimum atomic E-state index is 0.578. The van der Waals surface area contributed by atoms with Crippen molar-refractivity contribution in [2.45, 2.75) is 45.1 Å². The Kier molecular flexibility index (Phi) is 4.20. The van der Waals surface area contributed by atoms with Crippen LogP contribution in [0.15, 0.2) is 29.0 Å². The van der Waals surface area contributed by atoms with Crippen molar-refractivity contribution in [3.05, 3.63) is 29.0 Å². The van der Waals surface area contributed by atoms with Crippen LogP contribution in [0.1, 0.15) is 39.0 Å². The molecule has 2 aromatic rings. The standard InChI is InChI=1S/C16H20BrN3/c1-2-11-3-5-13(6-4-11)20-14-7-8-18-15-9-12(17)10-19-16(14)15/h7-11,13H,2-6H2,1H3,(H,18,20). The largest absolute Gasteiger partial charge is 0.380 e. The number of hydrogen-bond acceptors (Lipinski definition) is 3. The van der Waals surface area contributed by atoms with Gasteiger partial charge in [-0.2, -0.15) is 0 Å². The van der Waals surface area contributed by atoms with Gasteiger partial charge in [0.1, 0.15) is 5.52 Å². The van der Waals surface area contributed by atoms with E-state index < -0.39 is 0 Å². The maximum atomic E-state index is 4.51. The SMILES string of the molecule is CCC1CCC(Nc2ccnc3cc(Br)cnc23)CC1. The smallest absolute Gasteiger partial charge is 0.112 e. The fourth-order valence-electron chi connectivity index (χ4n) is 3.06. The molecule has 0 saturated heterocycles. The number of fused-ring (bicyclic) bond motifs is 1. The molecule has 0 aromatic carbocycles. The number of halogens is 1. The van der Waals surface area contributed by atoms with E-state index in [1.165, 1.54) is 32.1 Å². The van der Waals surface area contributed by atoms with Gasteiger partial charge in [0.15, 0.2) is 0 Å². The van der Waals surface area contributed by atoms with Gasteiger partial charge >= 0.3 is 0 Å². The molecule has 0 aliphatic heterocycles. The molecule has 4 heteroatoms. The van der Waals surface area contributed by atoms with Gasteiger partial charge in [0, 0.05) is 22.9 Å². The Hall–Kier alpha value is -1.16. The van der Waals surface area contributed by atoms with Gasteiger partial charge in [0.2, 0.25) is 0 Å². The molecule has 106 valence electrons. The van der Waals surface area contributed by atoms with Crippen LogP contribution in [0.2, 0.25) is 0 Å². The fraction of sp³-hybridized carbons (Fsp3) is 0.500. The summed E-state index contributed by atoms with van der Waals surface area (Å²) in [7, 11) is 0. The molecule has 0 amide bonds. The van der Waals surface area contributed by atoms with E-state index in [4.69, 9.17) is 0 Å². The van der Waals surface area contributed by atoms with Gasteiger partial charge in [0.05, 0.1) is 11.2 Å². The van der Waals surface area contributed by atoms with Crippen LogP contribution >= 0.6 is 15.9 Å². The molecule has 1 aliphatic rings. The van der Waals surface area contributed by atoms with E-state index in [0.29, 0.717) is 6.04 Å². The Bertz CT molecular complexity index is 591. The van der Waals surface area contributed by atoms with E-state index in [0.717, 1.165) is 27.1 Å². The second-order valence-electron chi connectivity index (χ2n) is 5.65. The second kappa shape index (κ2) is 6.08. The lowest BCUT2D eigenvalue weighted by molar-refractivity contribution is 0.330. The molecule has 2 aromatic heterocycles. The highest BCUT2D eigenvalue weighted by Crippen LogP contribution is 2.30. The zero-order valence-electron chi connectivity index (χ0n) is 11.8. The van der Waals surface area contributed by atoms with Crippen LogP contribution in [0.3, 0.4) is 0 Å². The molecule has 3 nitrogen and oxygen atoms in total. The molecule has 1 aliphatic carbocycles. The van der Waals surface area contributed by atoms with Crippen LogP contribution in [-0.2, 0) is 0 Å². The number of pyridine rings is 2. The number of anilines is 1. The van der Waals surface area contributed by atoms with Crippen molar-refractivity contribution >= 4 is 32.7 Å². The van der Waals surface area contributed by atoms with Gasteiger partial charge in [-0.1, -0.05) is 13.3 Å². The molecular formula is C16H20BrN3. The van der Waals surface area contributed by atoms with Gasteiger partial charge in [-0.25, -0.2) is 0 Å². The van der Waals surface area contributed by atoms with Crippen molar-refractivity contribution in [1.82, 2.24) is 9.97 Å².